The summed E-state index contributed by atoms with van der Waals surface area (Å²) in [4.78, 5) is 26.7. The standard InChI is InChI=1S/C23H25N5O/c1-3-27(4-2)23(29)16-9-10-18-19(13-16)26-22-21(25-18)24-14-20-17-8-6-5-7-15(17)11-12-28(20)22/h5-10,13,20H,3-4,11-12,14H2,1-2H3,(H,24,25). The molecule has 148 valence electrons. The van der Waals surface area contributed by atoms with Gasteiger partial charge in [-0.3, -0.25) is 4.79 Å². The normalized spacial score (nSPS) is 17.2. The fourth-order valence-electron chi connectivity index (χ4n) is 4.51. The van der Waals surface area contributed by atoms with E-state index >= 15 is 0 Å². The molecule has 6 nitrogen and oxygen atoms in total. The van der Waals surface area contributed by atoms with Gasteiger partial charge in [-0.2, -0.15) is 0 Å². The maximum atomic E-state index is 12.8. The van der Waals surface area contributed by atoms with E-state index in [-0.39, 0.29) is 11.9 Å². The zero-order valence-electron chi connectivity index (χ0n) is 16.9. The van der Waals surface area contributed by atoms with Crippen LogP contribution in [0.25, 0.3) is 11.0 Å². The smallest absolute Gasteiger partial charge is 0.253 e. The first-order valence-electron chi connectivity index (χ1n) is 10.4. The molecule has 0 radical (unpaired) electrons. The minimum absolute atomic E-state index is 0.0410. The Labute approximate surface area is 170 Å². The Hall–Kier alpha value is -3.15. The van der Waals surface area contributed by atoms with Crippen LogP contribution in [-0.2, 0) is 6.42 Å². The molecule has 1 amide bonds. The highest BCUT2D eigenvalue weighted by atomic mass is 16.2. The van der Waals surface area contributed by atoms with Gasteiger partial charge >= 0.3 is 0 Å². The molecular formula is C23H25N5O. The van der Waals surface area contributed by atoms with Gasteiger partial charge in [0.25, 0.3) is 5.91 Å². The molecule has 0 saturated heterocycles. The molecule has 0 spiro atoms. The first-order valence-corrected chi connectivity index (χ1v) is 10.4. The second kappa shape index (κ2) is 7.03. The van der Waals surface area contributed by atoms with Crippen molar-refractivity contribution < 1.29 is 4.79 Å². The van der Waals surface area contributed by atoms with Crippen LogP contribution in [-0.4, -0.2) is 47.0 Å². The summed E-state index contributed by atoms with van der Waals surface area (Å²) >= 11 is 0. The van der Waals surface area contributed by atoms with Crippen LogP contribution in [0.1, 0.15) is 41.4 Å². The summed E-state index contributed by atoms with van der Waals surface area (Å²) in [6.07, 6.45) is 1.01. The van der Waals surface area contributed by atoms with Gasteiger partial charge in [0.15, 0.2) is 11.6 Å². The van der Waals surface area contributed by atoms with Crippen LogP contribution in [0.4, 0.5) is 11.6 Å². The maximum Gasteiger partial charge on any atom is 0.253 e. The molecule has 0 aliphatic carbocycles. The molecule has 3 heterocycles. The highest BCUT2D eigenvalue weighted by Crippen LogP contribution is 2.39. The molecule has 3 aromatic rings. The molecule has 0 bridgehead atoms. The van der Waals surface area contributed by atoms with Crippen LogP contribution in [0.5, 0.6) is 0 Å². The Kier molecular flexibility index (Phi) is 4.34. The van der Waals surface area contributed by atoms with Crippen molar-refractivity contribution in [2.75, 3.05) is 36.4 Å². The Balaban J connectivity index is 1.56. The van der Waals surface area contributed by atoms with Gasteiger partial charge in [-0.1, -0.05) is 24.3 Å². The van der Waals surface area contributed by atoms with E-state index in [0.29, 0.717) is 18.7 Å². The van der Waals surface area contributed by atoms with Gasteiger partial charge in [-0.25, -0.2) is 9.97 Å². The summed E-state index contributed by atoms with van der Waals surface area (Å²) in [7, 11) is 0. The van der Waals surface area contributed by atoms with Crippen molar-refractivity contribution in [1.29, 1.82) is 0 Å². The molecule has 2 aliphatic heterocycles. The topological polar surface area (TPSA) is 61.4 Å². The van der Waals surface area contributed by atoms with Crippen LogP contribution in [0, 0.1) is 0 Å². The second-order valence-corrected chi connectivity index (χ2v) is 7.62. The lowest BCUT2D eigenvalue weighted by Gasteiger charge is -2.42. The molecule has 1 unspecified atom stereocenters. The lowest BCUT2D eigenvalue weighted by Crippen LogP contribution is -2.43. The number of nitrogens with zero attached hydrogens (tertiary/aromatic N) is 4. The number of hydrogen-bond acceptors (Lipinski definition) is 5. The van der Waals surface area contributed by atoms with E-state index in [9.17, 15) is 4.79 Å². The van der Waals surface area contributed by atoms with Gasteiger partial charge in [0.2, 0.25) is 0 Å². The Morgan fingerprint density at radius 1 is 1.14 bits per heavy atom. The van der Waals surface area contributed by atoms with Gasteiger partial charge in [-0.05, 0) is 49.6 Å². The first kappa shape index (κ1) is 17.9. The number of amides is 1. The van der Waals surface area contributed by atoms with Gasteiger partial charge in [0.05, 0.1) is 17.1 Å². The van der Waals surface area contributed by atoms with Gasteiger partial charge in [0.1, 0.15) is 0 Å². The summed E-state index contributed by atoms with van der Waals surface area (Å²) in [5.74, 6) is 1.76. The van der Waals surface area contributed by atoms with Crippen LogP contribution in [0.2, 0.25) is 0 Å². The number of fused-ring (bicyclic) bond motifs is 6. The molecule has 29 heavy (non-hydrogen) atoms. The van der Waals surface area contributed by atoms with E-state index in [1.54, 1.807) is 0 Å². The molecule has 5 rings (SSSR count). The summed E-state index contributed by atoms with van der Waals surface area (Å²) in [5.41, 5.74) is 5.02. The number of hydrogen-bond donors (Lipinski definition) is 1. The molecule has 0 fully saturated rings. The van der Waals surface area contributed by atoms with Crippen LogP contribution < -0.4 is 10.2 Å². The van der Waals surface area contributed by atoms with Crippen molar-refractivity contribution in [3.05, 3.63) is 59.2 Å². The predicted octanol–water partition coefficient (Wildman–Crippen LogP) is 3.64. The minimum Gasteiger partial charge on any atom is -0.365 e. The monoisotopic (exact) mass is 387 g/mol. The van der Waals surface area contributed by atoms with Gasteiger partial charge in [-0.15, -0.1) is 0 Å². The molecule has 2 aliphatic rings. The number of carbonyl (C=O) groups is 1. The third-order valence-corrected chi connectivity index (χ3v) is 6.09. The summed E-state index contributed by atoms with van der Waals surface area (Å²) in [6, 6.07) is 14.6. The lowest BCUT2D eigenvalue weighted by atomic mass is 9.91. The van der Waals surface area contributed by atoms with Crippen molar-refractivity contribution >= 4 is 28.6 Å². The molecular weight excluding hydrogens is 362 g/mol. The van der Waals surface area contributed by atoms with E-state index in [1.807, 2.05) is 36.9 Å². The second-order valence-electron chi connectivity index (χ2n) is 7.62. The predicted molar refractivity (Wildman–Crippen MR) is 116 cm³/mol. The summed E-state index contributed by atoms with van der Waals surface area (Å²) in [6.45, 7) is 7.14. The van der Waals surface area contributed by atoms with E-state index < -0.39 is 0 Å². The van der Waals surface area contributed by atoms with Crippen molar-refractivity contribution in [2.45, 2.75) is 26.3 Å². The third kappa shape index (κ3) is 2.90. The van der Waals surface area contributed by atoms with Gasteiger partial charge in [0, 0.05) is 31.7 Å². The summed E-state index contributed by atoms with van der Waals surface area (Å²) < 4.78 is 0. The van der Waals surface area contributed by atoms with Crippen molar-refractivity contribution in [3.8, 4) is 0 Å². The highest BCUT2D eigenvalue weighted by Gasteiger charge is 2.33. The minimum atomic E-state index is 0.0410. The molecule has 6 heteroatoms. The Bertz CT molecular complexity index is 1090. The average Bonchev–Trinajstić information content (AvgIpc) is 2.77. The number of nitrogens with one attached hydrogen (secondary N) is 1. The first-order chi connectivity index (χ1) is 14.2. The molecule has 2 aromatic carbocycles. The summed E-state index contributed by atoms with van der Waals surface area (Å²) in [5, 5.41) is 3.48. The number of carbonyl (C=O) groups excluding carboxylic acids is 1. The van der Waals surface area contributed by atoms with E-state index in [0.717, 1.165) is 42.2 Å². The van der Waals surface area contributed by atoms with Crippen LogP contribution >= 0.6 is 0 Å². The fraction of sp³-hybridized carbons (Fsp3) is 0.348. The lowest BCUT2D eigenvalue weighted by molar-refractivity contribution is 0.0773. The largest absolute Gasteiger partial charge is 0.365 e. The van der Waals surface area contributed by atoms with E-state index in [1.165, 1.54) is 11.1 Å². The van der Waals surface area contributed by atoms with Crippen LogP contribution in [0.15, 0.2) is 42.5 Å². The molecule has 1 aromatic heterocycles. The molecule has 1 atom stereocenters. The zero-order valence-corrected chi connectivity index (χ0v) is 16.9. The highest BCUT2D eigenvalue weighted by molar-refractivity contribution is 5.97. The third-order valence-electron chi connectivity index (χ3n) is 6.09. The number of anilines is 2. The molecule has 1 N–H and O–H groups in total. The van der Waals surface area contributed by atoms with Crippen LogP contribution in [0.3, 0.4) is 0 Å². The SMILES string of the molecule is CCN(CC)C(=O)c1ccc2nc3c(nc2c1)N1CCc2ccccc2C1CN3. The van der Waals surface area contributed by atoms with E-state index in [4.69, 9.17) is 9.97 Å². The number of rotatable bonds is 3. The average molecular weight is 387 g/mol. The maximum absolute atomic E-state index is 12.8. The van der Waals surface area contributed by atoms with Crippen molar-refractivity contribution in [3.63, 3.8) is 0 Å². The van der Waals surface area contributed by atoms with E-state index in [2.05, 4.69) is 34.5 Å². The quantitative estimate of drug-likeness (QED) is 0.743. The Morgan fingerprint density at radius 3 is 2.79 bits per heavy atom. The van der Waals surface area contributed by atoms with Crippen molar-refractivity contribution in [1.82, 2.24) is 14.9 Å². The molecule has 0 saturated carbocycles. The number of benzene rings is 2. The van der Waals surface area contributed by atoms with Crippen molar-refractivity contribution in [2.24, 2.45) is 0 Å². The fourth-order valence-corrected chi connectivity index (χ4v) is 4.51. The zero-order chi connectivity index (χ0) is 20.0. The van der Waals surface area contributed by atoms with Gasteiger partial charge < -0.3 is 15.1 Å². The Morgan fingerprint density at radius 2 is 1.97 bits per heavy atom. The number of aromatic nitrogens is 2.